The third-order valence-electron chi connectivity index (χ3n) is 3.76. The number of aryl methyl sites for hydroxylation is 1. The number of carbonyl (C=O) groups is 1. The second kappa shape index (κ2) is 5.91. The molecule has 0 spiro atoms. The Bertz CT molecular complexity index is 746. The second-order valence-corrected chi connectivity index (χ2v) is 5.69. The molecule has 2 aromatic carbocycles. The SMILES string of the molecule is Cc1cccc2c1C(N(O)C(=O)NN(C)C)c1ccccc1O2. The first kappa shape index (κ1) is 15.3. The molecule has 0 fully saturated rings. The van der Waals surface area contributed by atoms with Crippen molar-refractivity contribution in [2.45, 2.75) is 13.0 Å². The molecule has 0 saturated carbocycles. The van der Waals surface area contributed by atoms with Gasteiger partial charge >= 0.3 is 6.03 Å². The average Bonchev–Trinajstić information content (AvgIpc) is 2.51. The largest absolute Gasteiger partial charge is 0.457 e. The third-order valence-corrected chi connectivity index (χ3v) is 3.76. The maximum Gasteiger partial charge on any atom is 0.356 e. The summed E-state index contributed by atoms with van der Waals surface area (Å²) in [5.74, 6) is 1.28. The van der Waals surface area contributed by atoms with Gasteiger partial charge in [0.15, 0.2) is 0 Å². The van der Waals surface area contributed by atoms with E-state index < -0.39 is 12.1 Å². The van der Waals surface area contributed by atoms with Gasteiger partial charge in [0.1, 0.15) is 17.5 Å². The van der Waals surface area contributed by atoms with Gasteiger partial charge in [-0.05, 0) is 24.6 Å². The molecule has 1 aliphatic heterocycles. The Morgan fingerprint density at radius 1 is 1.13 bits per heavy atom. The summed E-state index contributed by atoms with van der Waals surface area (Å²) in [5, 5.41) is 12.7. The first-order chi connectivity index (χ1) is 11.0. The molecule has 1 aliphatic rings. The summed E-state index contributed by atoms with van der Waals surface area (Å²) in [7, 11) is 3.37. The molecule has 1 atom stereocenters. The minimum absolute atomic E-state index is 0.606. The molecule has 0 aliphatic carbocycles. The Hall–Kier alpha value is -2.57. The number of nitrogens with zero attached hydrogens (tertiary/aromatic N) is 2. The number of ether oxygens (including phenoxy) is 1. The van der Waals surface area contributed by atoms with E-state index in [0.29, 0.717) is 16.6 Å². The van der Waals surface area contributed by atoms with Crippen LogP contribution in [0.4, 0.5) is 4.79 Å². The highest BCUT2D eigenvalue weighted by Crippen LogP contribution is 2.46. The number of hydroxylamine groups is 2. The fourth-order valence-electron chi connectivity index (χ4n) is 2.78. The smallest absolute Gasteiger partial charge is 0.356 e. The molecule has 0 aromatic heterocycles. The molecule has 1 heterocycles. The Morgan fingerprint density at radius 3 is 2.57 bits per heavy atom. The zero-order valence-electron chi connectivity index (χ0n) is 13.3. The van der Waals surface area contributed by atoms with Gasteiger partial charge in [-0.3, -0.25) is 10.6 Å². The molecule has 0 radical (unpaired) electrons. The summed E-state index contributed by atoms with van der Waals surface area (Å²) in [5.41, 5.74) is 5.02. The standard InChI is InChI=1S/C17H19N3O3/c1-11-7-6-10-14-15(11)16(20(22)17(21)18-19(2)3)12-8-4-5-9-13(12)23-14/h4-10,16,22H,1-3H3,(H,18,21). The quantitative estimate of drug-likeness (QED) is 0.660. The average molecular weight is 313 g/mol. The monoisotopic (exact) mass is 313 g/mol. The molecule has 2 aromatic rings. The van der Waals surface area contributed by atoms with Crippen molar-refractivity contribution in [2.24, 2.45) is 0 Å². The Kier molecular flexibility index (Phi) is 3.94. The van der Waals surface area contributed by atoms with Crippen LogP contribution in [0.3, 0.4) is 0 Å². The van der Waals surface area contributed by atoms with Crippen LogP contribution in [0.1, 0.15) is 22.7 Å². The van der Waals surface area contributed by atoms with E-state index >= 15 is 0 Å². The van der Waals surface area contributed by atoms with Gasteiger partial charge in [-0.2, -0.15) is 5.06 Å². The summed E-state index contributed by atoms with van der Waals surface area (Å²) in [6.45, 7) is 1.93. The zero-order valence-corrected chi connectivity index (χ0v) is 13.3. The van der Waals surface area contributed by atoms with Gasteiger partial charge in [-0.15, -0.1) is 0 Å². The van der Waals surface area contributed by atoms with E-state index in [4.69, 9.17) is 4.74 Å². The van der Waals surface area contributed by atoms with Crippen molar-refractivity contribution in [3.8, 4) is 11.5 Å². The fourth-order valence-corrected chi connectivity index (χ4v) is 2.78. The highest BCUT2D eigenvalue weighted by Gasteiger charge is 2.35. The molecule has 23 heavy (non-hydrogen) atoms. The summed E-state index contributed by atoms with van der Waals surface area (Å²) in [6.07, 6.45) is 0. The van der Waals surface area contributed by atoms with Crippen molar-refractivity contribution >= 4 is 6.03 Å². The number of amides is 2. The van der Waals surface area contributed by atoms with Crippen LogP contribution in [0, 0.1) is 6.92 Å². The molecule has 3 rings (SSSR count). The highest BCUT2D eigenvalue weighted by molar-refractivity contribution is 5.74. The van der Waals surface area contributed by atoms with E-state index in [1.54, 1.807) is 14.1 Å². The molecule has 2 N–H and O–H groups in total. The maximum atomic E-state index is 12.3. The van der Waals surface area contributed by atoms with Crippen LogP contribution in [-0.4, -0.2) is 35.4 Å². The predicted octanol–water partition coefficient (Wildman–Crippen LogP) is 3.07. The molecule has 2 amide bonds. The molecular formula is C17H19N3O3. The van der Waals surface area contributed by atoms with Crippen LogP contribution < -0.4 is 10.2 Å². The van der Waals surface area contributed by atoms with E-state index in [1.165, 1.54) is 5.01 Å². The van der Waals surface area contributed by atoms with Crippen LogP contribution in [0.15, 0.2) is 42.5 Å². The fraction of sp³-hybridized carbons (Fsp3) is 0.235. The third kappa shape index (κ3) is 2.74. The van der Waals surface area contributed by atoms with Crippen LogP contribution in [0.25, 0.3) is 0 Å². The molecule has 0 bridgehead atoms. The molecule has 120 valence electrons. The number of nitrogens with one attached hydrogen (secondary N) is 1. The van der Waals surface area contributed by atoms with Gasteiger partial charge in [0.05, 0.1) is 0 Å². The predicted molar refractivity (Wildman–Crippen MR) is 85.4 cm³/mol. The van der Waals surface area contributed by atoms with E-state index in [2.05, 4.69) is 5.43 Å². The summed E-state index contributed by atoms with van der Waals surface area (Å²) >= 11 is 0. The number of para-hydroxylation sites is 1. The second-order valence-electron chi connectivity index (χ2n) is 5.69. The molecule has 6 heteroatoms. The normalized spacial score (nSPS) is 15.4. The van der Waals surface area contributed by atoms with Gasteiger partial charge in [0, 0.05) is 25.2 Å². The van der Waals surface area contributed by atoms with Crippen molar-refractivity contribution in [1.29, 1.82) is 0 Å². The minimum Gasteiger partial charge on any atom is -0.457 e. The number of urea groups is 1. The number of hydrogen-bond acceptors (Lipinski definition) is 4. The van der Waals surface area contributed by atoms with E-state index in [0.717, 1.165) is 16.7 Å². The zero-order chi connectivity index (χ0) is 16.6. The van der Waals surface area contributed by atoms with Gasteiger partial charge < -0.3 is 4.74 Å². The number of hydrazine groups is 1. The van der Waals surface area contributed by atoms with Crippen molar-refractivity contribution in [3.63, 3.8) is 0 Å². The first-order valence-corrected chi connectivity index (χ1v) is 7.31. The van der Waals surface area contributed by atoms with Gasteiger partial charge in [-0.25, -0.2) is 9.80 Å². The Labute approximate surface area is 134 Å². The van der Waals surface area contributed by atoms with Gasteiger partial charge in [0.25, 0.3) is 0 Å². The topological polar surface area (TPSA) is 65.0 Å². The number of carbonyl (C=O) groups excluding carboxylic acids is 1. The number of hydrogen-bond donors (Lipinski definition) is 2. The van der Waals surface area contributed by atoms with Crippen molar-refractivity contribution in [1.82, 2.24) is 15.5 Å². The lowest BCUT2D eigenvalue weighted by Crippen LogP contribution is -2.46. The molecule has 6 nitrogen and oxygen atoms in total. The Morgan fingerprint density at radius 2 is 1.83 bits per heavy atom. The van der Waals surface area contributed by atoms with Gasteiger partial charge in [0.2, 0.25) is 0 Å². The summed E-state index contributed by atoms with van der Waals surface area (Å²) in [6, 6.07) is 11.8. The van der Waals surface area contributed by atoms with Gasteiger partial charge in [-0.1, -0.05) is 30.3 Å². The van der Waals surface area contributed by atoms with Crippen molar-refractivity contribution < 1.29 is 14.7 Å². The van der Waals surface area contributed by atoms with E-state index in [-0.39, 0.29) is 0 Å². The van der Waals surface area contributed by atoms with E-state index in [1.807, 2.05) is 49.4 Å². The van der Waals surface area contributed by atoms with Crippen molar-refractivity contribution in [3.05, 3.63) is 59.2 Å². The minimum atomic E-state index is -0.629. The molecule has 0 saturated heterocycles. The first-order valence-electron chi connectivity index (χ1n) is 7.31. The molecular weight excluding hydrogens is 294 g/mol. The lowest BCUT2D eigenvalue weighted by atomic mass is 9.91. The number of rotatable bonds is 2. The highest BCUT2D eigenvalue weighted by atomic mass is 16.5. The summed E-state index contributed by atoms with van der Waals surface area (Å²) < 4.78 is 5.92. The number of fused-ring (bicyclic) bond motifs is 2. The van der Waals surface area contributed by atoms with Crippen LogP contribution in [0.2, 0.25) is 0 Å². The Balaban J connectivity index is 2.10. The van der Waals surface area contributed by atoms with E-state index in [9.17, 15) is 10.0 Å². The molecule has 1 unspecified atom stereocenters. The summed E-state index contributed by atoms with van der Waals surface area (Å²) in [4.78, 5) is 12.3. The van der Waals surface area contributed by atoms with Crippen LogP contribution in [-0.2, 0) is 0 Å². The maximum absolute atomic E-state index is 12.3. The lowest BCUT2D eigenvalue weighted by molar-refractivity contribution is -0.0748. The lowest BCUT2D eigenvalue weighted by Gasteiger charge is -2.34. The van der Waals surface area contributed by atoms with Crippen LogP contribution >= 0.6 is 0 Å². The van der Waals surface area contributed by atoms with Crippen molar-refractivity contribution in [2.75, 3.05) is 14.1 Å². The number of benzene rings is 2. The van der Waals surface area contributed by atoms with Crippen LogP contribution in [0.5, 0.6) is 11.5 Å².